The summed E-state index contributed by atoms with van der Waals surface area (Å²) in [7, 11) is 0. The molecule has 2 aromatic carbocycles. The van der Waals surface area contributed by atoms with E-state index in [2.05, 4.69) is 20.3 Å². The van der Waals surface area contributed by atoms with Crippen LogP contribution in [-0.4, -0.2) is 15.0 Å². The lowest BCUT2D eigenvalue weighted by Gasteiger charge is -2.08. The van der Waals surface area contributed by atoms with E-state index in [-0.39, 0.29) is 29.5 Å². The van der Waals surface area contributed by atoms with Crippen molar-refractivity contribution >= 4 is 17.6 Å². The first kappa shape index (κ1) is 14.6. The van der Waals surface area contributed by atoms with Crippen molar-refractivity contribution in [3.8, 4) is 11.8 Å². The van der Waals surface area contributed by atoms with Crippen molar-refractivity contribution in [2.75, 3.05) is 11.1 Å². The molecule has 0 aliphatic heterocycles. The number of rotatable bonds is 4. The van der Waals surface area contributed by atoms with Gasteiger partial charge in [0.2, 0.25) is 11.9 Å². The van der Waals surface area contributed by atoms with Gasteiger partial charge in [-0.2, -0.15) is 15.0 Å². The number of hydrogen-bond donors (Lipinski definition) is 2. The summed E-state index contributed by atoms with van der Waals surface area (Å²) in [6.07, 6.45) is 0. The first-order chi connectivity index (χ1) is 11.1. The maximum Gasteiger partial charge on any atom is 0.328 e. The van der Waals surface area contributed by atoms with Crippen molar-refractivity contribution in [2.45, 2.75) is 0 Å². The van der Waals surface area contributed by atoms with Crippen molar-refractivity contribution in [1.82, 2.24) is 15.0 Å². The van der Waals surface area contributed by atoms with Gasteiger partial charge in [-0.3, -0.25) is 0 Å². The lowest BCUT2D eigenvalue weighted by molar-refractivity contribution is 0.440. The van der Waals surface area contributed by atoms with Crippen molar-refractivity contribution in [3.05, 3.63) is 60.2 Å². The number of hydrogen-bond acceptors (Lipinski definition) is 6. The minimum Gasteiger partial charge on any atom is -0.424 e. The molecule has 0 bridgehead atoms. The molecule has 3 rings (SSSR count). The fourth-order valence-electron chi connectivity index (χ4n) is 1.74. The molecule has 0 aliphatic rings. The molecule has 0 spiro atoms. The minimum atomic E-state index is -0.383. The van der Waals surface area contributed by atoms with E-state index in [1.807, 2.05) is 0 Å². The van der Waals surface area contributed by atoms with Gasteiger partial charge in [0.25, 0.3) is 0 Å². The van der Waals surface area contributed by atoms with Gasteiger partial charge < -0.3 is 15.8 Å². The van der Waals surface area contributed by atoms with E-state index in [9.17, 15) is 8.78 Å². The van der Waals surface area contributed by atoms with Crippen LogP contribution in [0.15, 0.2) is 48.5 Å². The molecule has 0 unspecified atom stereocenters. The van der Waals surface area contributed by atoms with Crippen LogP contribution in [0.25, 0.3) is 0 Å². The molecule has 23 heavy (non-hydrogen) atoms. The van der Waals surface area contributed by atoms with Gasteiger partial charge >= 0.3 is 6.01 Å². The third-order valence-electron chi connectivity index (χ3n) is 2.76. The molecule has 0 fully saturated rings. The molecule has 0 amide bonds. The second-order valence-corrected chi connectivity index (χ2v) is 4.49. The van der Waals surface area contributed by atoms with E-state index in [0.29, 0.717) is 11.4 Å². The van der Waals surface area contributed by atoms with Gasteiger partial charge in [0.1, 0.15) is 17.4 Å². The predicted octanol–water partition coefficient (Wildman–Crippen LogP) is 3.27. The van der Waals surface area contributed by atoms with Gasteiger partial charge in [0.15, 0.2) is 0 Å². The quantitative estimate of drug-likeness (QED) is 0.768. The molecule has 0 aliphatic carbocycles. The summed E-state index contributed by atoms with van der Waals surface area (Å²) in [6, 6.07) is 10.9. The van der Waals surface area contributed by atoms with Crippen LogP contribution in [0.2, 0.25) is 0 Å². The number of benzene rings is 2. The Labute approximate surface area is 130 Å². The van der Waals surface area contributed by atoms with Crippen molar-refractivity contribution < 1.29 is 13.5 Å². The SMILES string of the molecule is Nc1nc(Nc2ccc(F)cc2)nc(Oc2ccc(F)cc2)n1. The molecular formula is C15H11F2N5O. The fraction of sp³-hybridized carbons (Fsp3) is 0. The Balaban J connectivity index is 1.81. The first-order valence-electron chi connectivity index (χ1n) is 6.56. The standard InChI is InChI=1S/C15H11F2N5O/c16-9-1-5-11(6-2-9)19-14-20-13(18)21-15(22-14)23-12-7-3-10(17)4-8-12/h1-8H,(H3,18,19,20,21,22). The number of nitrogens with one attached hydrogen (secondary N) is 1. The summed E-state index contributed by atoms with van der Waals surface area (Å²) in [6.45, 7) is 0. The van der Waals surface area contributed by atoms with Crippen LogP contribution in [0.3, 0.4) is 0 Å². The molecule has 0 saturated carbocycles. The highest BCUT2D eigenvalue weighted by Gasteiger charge is 2.07. The summed E-state index contributed by atoms with van der Waals surface area (Å²) in [5, 5.41) is 2.86. The van der Waals surface area contributed by atoms with Crippen LogP contribution in [0.4, 0.5) is 26.4 Å². The second kappa shape index (κ2) is 6.22. The van der Waals surface area contributed by atoms with Crippen molar-refractivity contribution in [2.24, 2.45) is 0 Å². The van der Waals surface area contributed by atoms with Crippen molar-refractivity contribution in [1.29, 1.82) is 0 Å². The normalized spacial score (nSPS) is 10.3. The maximum atomic E-state index is 12.9. The van der Waals surface area contributed by atoms with Gasteiger partial charge in [-0.1, -0.05) is 0 Å². The highest BCUT2D eigenvalue weighted by molar-refractivity contribution is 5.53. The lowest BCUT2D eigenvalue weighted by atomic mass is 10.3. The van der Waals surface area contributed by atoms with Crippen LogP contribution < -0.4 is 15.8 Å². The average Bonchev–Trinajstić information content (AvgIpc) is 2.51. The number of halogens is 2. The third kappa shape index (κ3) is 3.88. The second-order valence-electron chi connectivity index (χ2n) is 4.49. The zero-order valence-electron chi connectivity index (χ0n) is 11.7. The Morgan fingerprint density at radius 1 is 0.826 bits per heavy atom. The number of anilines is 3. The minimum absolute atomic E-state index is 0.0475. The molecule has 0 saturated heterocycles. The molecular weight excluding hydrogens is 304 g/mol. The summed E-state index contributed by atoms with van der Waals surface area (Å²) in [4.78, 5) is 11.8. The fourth-order valence-corrected chi connectivity index (χ4v) is 1.74. The van der Waals surface area contributed by atoms with Gasteiger partial charge in [-0.05, 0) is 48.5 Å². The molecule has 1 aromatic heterocycles. The number of nitrogen functional groups attached to an aromatic ring is 1. The van der Waals surface area contributed by atoms with Crippen LogP contribution in [0.1, 0.15) is 0 Å². The maximum absolute atomic E-state index is 12.9. The van der Waals surface area contributed by atoms with E-state index in [4.69, 9.17) is 10.5 Å². The number of nitrogens with two attached hydrogens (primary N) is 1. The Kier molecular flexibility index (Phi) is 3.96. The molecule has 1 heterocycles. The Hall–Kier alpha value is -3.29. The van der Waals surface area contributed by atoms with E-state index in [1.54, 1.807) is 0 Å². The zero-order chi connectivity index (χ0) is 16.2. The molecule has 0 radical (unpaired) electrons. The summed E-state index contributed by atoms with van der Waals surface area (Å²) in [5.41, 5.74) is 6.19. The van der Waals surface area contributed by atoms with Gasteiger partial charge in [0.05, 0.1) is 0 Å². The first-order valence-corrected chi connectivity index (χ1v) is 6.56. The Morgan fingerprint density at radius 3 is 2.09 bits per heavy atom. The van der Waals surface area contributed by atoms with Crippen LogP contribution in [0, 0.1) is 11.6 Å². The largest absolute Gasteiger partial charge is 0.424 e. The highest BCUT2D eigenvalue weighted by Crippen LogP contribution is 2.21. The topological polar surface area (TPSA) is 86.0 Å². The molecule has 6 nitrogen and oxygen atoms in total. The molecule has 8 heteroatoms. The molecule has 0 atom stereocenters. The highest BCUT2D eigenvalue weighted by atomic mass is 19.1. The van der Waals surface area contributed by atoms with E-state index in [1.165, 1.54) is 48.5 Å². The van der Waals surface area contributed by atoms with Crippen LogP contribution in [-0.2, 0) is 0 Å². The summed E-state index contributed by atoms with van der Waals surface area (Å²) in [5.74, 6) is -0.301. The van der Waals surface area contributed by atoms with Crippen LogP contribution >= 0.6 is 0 Å². The van der Waals surface area contributed by atoms with Gasteiger partial charge in [-0.25, -0.2) is 8.78 Å². The van der Waals surface area contributed by atoms with E-state index in [0.717, 1.165) is 0 Å². The average molecular weight is 315 g/mol. The van der Waals surface area contributed by atoms with Gasteiger partial charge in [0, 0.05) is 5.69 Å². The number of nitrogens with zero attached hydrogens (tertiary/aromatic N) is 3. The number of aromatic nitrogens is 3. The zero-order valence-corrected chi connectivity index (χ0v) is 11.7. The number of ether oxygens (including phenoxy) is 1. The third-order valence-corrected chi connectivity index (χ3v) is 2.76. The van der Waals surface area contributed by atoms with Crippen molar-refractivity contribution in [3.63, 3.8) is 0 Å². The Morgan fingerprint density at radius 2 is 1.43 bits per heavy atom. The van der Waals surface area contributed by atoms with Gasteiger partial charge in [-0.15, -0.1) is 0 Å². The Bertz CT molecular complexity index is 743. The smallest absolute Gasteiger partial charge is 0.328 e. The predicted molar refractivity (Wildman–Crippen MR) is 80.4 cm³/mol. The molecule has 3 N–H and O–H groups in total. The monoisotopic (exact) mass is 315 g/mol. The van der Waals surface area contributed by atoms with E-state index < -0.39 is 0 Å². The summed E-state index contributed by atoms with van der Waals surface area (Å²) >= 11 is 0. The lowest BCUT2D eigenvalue weighted by Crippen LogP contribution is -2.05. The molecule has 3 aromatic rings. The summed E-state index contributed by atoms with van der Waals surface area (Å²) < 4.78 is 31.2. The molecule has 116 valence electrons. The van der Waals surface area contributed by atoms with E-state index >= 15 is 0 Å². The van der Waals surface area contributed by atoms with Crippen LogP contribution in [0.5, 0.6) is 11.8 Å².